The molecule has 2 rings (SSSR count). The number of aliphatic hydroxyl groups excluding tert-OH is 1. The van der Waals surface area contributed by atoms with Gasteiger partial charge in [0.2, 0.25) is 0 Å². The molecular formula is C19H25NO3. The standard InChI is InChI=1S/C19H25NO3/c1-4-20(14(2)15-7-5-9-17(21)11-15)13-19(22)16-8-6-10-18(12-16)23-3/h5-12,14,19,21-22H,4,13H2,1-3H3. The predicted octanol–water partition coefficient (Wildman–Crippen LogP) is 3.52. The molecule has 4 nitrogen and oxygen atoms in total. The van der Waals surface area contributed by atoms with Crippen LogP contribution < -0.4 is 4.74 Å². The molecule has 0 spiro atoms. The molecule has 0 aliphatic rings. The van der Waals surface area contributed by atoms with Crippen LogP contribution in [0.2, 0.25) is 0 Å². The molecule has 0 bridgehead atoms. The number of nitrogens with zero attached hydrogens (tertiary/aromatic N) is 1. The number of aromatic hydroxyl groups is 1. The van der Waals surface area contributed by atoms with E-state index in [1.54, 1.807) is 19.2 Å². The highest BCUT2D eigenvalue weighted by molar-refractivity contribution is 5.31. The van der Waals surface area contributed by atoms with Gasteiger partial charge in [0, 0.05) is 12.6 Å². The van der Waals surface area contributed by atoms with E-state index in [9.17, 15) is 10.2 Å². The van der Waals surface area contributed by atoms with Crippen molar-refractivity contribution in [1.29, 1.82) is 0 Å². The number of ether oxygens (including phenoxy) is 1. The van der Waals surface area contributed by atoms with Crippen molar-refractivity contribution in [2.75, 3.05) is 20.2 Å². The molecule has 124 valence electrons. The second-order valence-electron chi connectivity index (χ2n) is 5.65. The Kier molecular flexibility index (Phi) is 6.02. The maximum atomic E-state index is 10.5. The molecule has 23 heavy (non-hydrogen) atoms. The summed E-state index contributed by atoms with van der Waals surface area (Å²) in [7, 11) is 1.62. The summed E-state index contributed by atoms with van der Waals surface area (Å²) >= 11 is 0. The van der Waals surface area contributed by atoms with Gasteiger partial charge in [-0.25, -0.2) is 0 Å². The fourth-order valence-electron chi connectivity index (χ4n) is 2.73. The fourth-order valence-corrected chi connectivity index (χ4v) is 2.73. The molecule has 0 amide bonds. The van der Waals surface area contributed by atoms with E-state index in [4.69, 9.17) is 4.74 Å². The van der Waals surface area contributed by atoms with Crippen LogP contribution in [0.25, 0.3) is 0 Å². The Labute approximate surface area is 138 Å². The van der Waals surface area contributed by atoms with E-state index in [1.807, 2.05) is 36.4 Å². The zero-order valence-corrected chi connectivity index (χ0v) is 13.9. The van der Waals surface area contributed by atoms with Crippen molar-refractivity contribution < 1.29 is 14.9 Å². The number of methoxy groups -OCH3 is 1. The molecule has 2 aromatic carbocycles. The van der Waals surface area contributed by atoms with Gasteiger partial charge in [-0.3, -0.25) is 4.90 Å². The summed E-state index contributed by atoms with van der Waals surface area (Å²) in [5.41, 5.74) is 1.87. The van der Waals surface area contributed by atoms with Crippen LogP contribution in [-0.2, 0) is 0 Å². The van der Waals surface area contributed by atoms with Gasteiger partial charge >= 0.3 is 0 Å². The molecular weight excluding hydrogens is 290 g/mol. The zero-order valence-electron chi connectivity index (χ0n) is 13.9. The van der Waals surface area contributed by atoms with Crippen LogP contribution in [0.1, 0.15) is 37.1 Å². The third kappa shape index (κ3) is 4.47. The molecule has 2 atom stereocenters. The van der Waals surface area contributed by atoms with Crippen LogP contribution in [0.5, 0.6) is 11.5 Å². The Balaban J connectivity index is 2.11. The van der Waals surface area contributed by atoms with Crippen LogP contribution in [0.4, 0.5) is 0 Å². The average Bonchev–Trinajstić information content (AvgIpc) is 2.58. The van der Waals surface area contributed by atoms with Crippen molar-refractivity contribution in [3.05, 3.63) is 59.7 Å². The van der Waals surface area contributed by atoms with Crippen LogP contribution in [-0.4, -0.2) is 35.3 Å². The predicted molar refractivity (Wildman–Crippen MR) is 91.7 cm³/mol. The maximum Gasteiger partial charge on any atom is 0.119 e. The monoisotopic (exact) mass is 315 g/mol. The summed E-state index contributed by atoms with van der Waals surface area (Å²) in [6, 6.07) is 14.9. The SMILES string of the molecule is CCN(CC(O)c1cccc(OC)c1)C(C)c1cccc(O)c1. The molecule has 4 heteroatoms. The van der Waals surface area contributed by atoms with E-state index < -0.39 is 6.10 Å². The highest BCUT2D eigenvalue weighted by Gasteiger charge is 2.19. The van der Waals surface area contributed by atoms with Gasteiger partial charge < -0.3 is 14.9 Å². The Morgan fingerprint density at radius 1 is 1.09 bits per heavy atom. The van der Waals surface area contributed by atoms with Crippen LogP contribution >= 0.6 is 0 Å². The van der Waals surface area contributed by atoms with Crippen molar-refractivity contribution in [2.45, 2.75) is 26.0 Å². The van der Waals surface area contributed by atoms with Gasteiger partial charge in [0.1, 0.15) is 11.5 Å². The summed E-state index contributed by atoms with van der Waals surface area (Å²) in [5.74, 6) is 1.00. The lowest BCUT2D eigenvalue weighted by atomic mass is 10.0. The molecule has 2 aromatic rings. The lowest BCUT2D eigenvalue weighted by Crippen LogP contribution is -2.31. The molecule has 0 saturated heterocycles. The number of aliphatic hydroxyl groups is 1. The number of rotatable bonds is 7. The first kappa shape index (κ1) is 17.3. The second-order valence-corrected chi connectivity index (χ2v) is 5.65. The number of phenolic OH excluding ortho intramolecular Hbond substituents is 1. The van der Waals surface area contributed by atoms with Gasteiger partial charge in [-0.15, -0.1) is 0 Å². The van der Waals surface area contributed by atoms with Gasteiger partial charge in [-0.1, -0.05) is 31.2 Å². The fraction of sp³-hybridized carbons (Fsp3) is 0.368. The summed E-state index contributed by atoms with van der Waals surface area (Å²) < 4.78 is 5.21. The van der Waals surface area contributed by atoms with E-state index in [0.717, 1.165) is 23.4 Å². The van der Waals surface area contributed by atoms with E-state index in [1.165, 1.54) is 0 Å². The van der Waals surface area contributed by atoms with Gasteiger partial charge in [0.25, 0.3) is 0 Å². The largest absolute Gasteiger partial charge is 0.508 e. The first-order chi connectivity index (χ1) is 11.0. The molecule has 2 unspecified atom stereocenters. The van der Waals surface area contributed by atoms with Crippen molar-refractivity contribution >= 4 is 0 Å². The highest BCUT2D eigenvalue weighted by Crippen LogP contribution is 2.26. The Morgan fingerprint density at radius 2 is 1.78 bits per heavy atom. The number of phenols is 1. The van der Waals surface area contributed by atoms with Crippen molar-refractivity contribution in [3.8, 4) is 11.5 Å². The minimum Gasteiger partial charge on any atom is -0.508 e. The first-order valence-corrected chi connectivity index (χ1v) is 7.90. The average molecular weight is 315 g/mol. The minimum absolute atomic E-state index is 0.104. The molecule has 0 heterocycles. The number of benzene rings is 2. The van der Waals surface area contributed by atoms with E-state index >= 15 is 0 Å². The summed E-state index contributed by atoms with van der Waals surface area (Å²) in [5, 5.41) is 20.2. The highest BCUT2D eigenvalue weighted by atomic mass is 16.5. The van der Waals surface area contributed by atoms with Gasteiger partial charge in [0.15, 0.2) is 0 Å². The summed E-state index contributed by atoms with van der Waals surface area (Å²) in [6.07, 6.45) is -0.593. The molecule has 0 radical (unpaired) electrons. The summed E-state index contributed by atoms with van der Waals surface area (Å²) in [4.78, 5) is 2.18. The van der Waals surface area contributed by atoms with Crippen LogP contribution in [0, 0.1) is 0 Å². The third-order valence-corrected chi connectivity index (χ3v) is 4.19. The topological polar surface area (TPSA) is 52.9 Å². The Morgan fingerprint density at radius 3 is 2.43 bits per heavy atom. The molecule has 0 aliphatic heterocycles. The maximum absolute atomic E-state index is 10.5. The molecule has 0 fully saturated rings. The Hall–Kier alpha value is -2.04. The molecule has 0 aliphatic carbocycles. The van der Waals surface area contributed by atoms with E-state index in [-0.39, 0.29) is 11.8 Å². The minimum atomic E-state index is -0.593. The number of likely N-dealkylation sites (N-methyl/N-ethyl adjacent to an activating group) is 1. The van der Waals surface area contributed by atoms with Crippen LogP contribution in [0.15, 0.2) is 48.5 Å². The van der Waals surface area contributed by atoms with Crippen molar-refractivity contribution in [1.82, 2.24) is 4.90 Å². The number of hydrogen-bond acceptors (Lipinski definition) is 4. The summed E-state index contributed by atoms with van der Waals surface area (Å²) in [6.45, 7) is 5.46. The number of hydrogen-bond donors (Lipinski definition) is 2. The molecule has 0 aromatic heterocycles. The smallest absolute Gasteiger partial charge is 0.119 e. The van der Waals surface area contributed by atoms with Crippen molar-refractivity contribution in [3.63, 3.8) is 0 Å². The lowest BCUT2D eigenvalue weighted by Gasteiger charge is -2.30. The second kappa shape index (κ2) is 7.99. The van der Waals surface area contributed by atoms with Crippen molar-refractivity contribution in [2.24, 2.45) is 0 Å². The first-order valence-electron chi connectivity index (χ1n) is 7.90. The normalized spacial score (nSPS) is 13.8. The van der Waals surface area contributed by atoms with Gasteiger partial charge in [-0.2, -0.15) is 0 Å². The molecule has 2 N–H and O–H groups in total. The van der Waals surface area contributed by atoms with E-state index in [0.29, 0.717) is 6.54 Å². The zero-order chi connectivity index (χ0) is 16.8. The quantitative estimate of drug-likeness (QED) is 0.821. The Bertz CT molecular complexity index is 630. The molecule has 0 saturated carbocycles. The van der Waals surface area contributed by atoms with Gasteiger partial charge in [-0.05, 0) is 48.9 Å². The third-order valence-electron chi connectivity index (χ3n) is 4.19. The van der Waals surface area contributed by atoms with Crippen LogP contribution in [0.3, 0.4) is 0 Å². The lowest BCUT2D eigenvalue weighted by molar-refractivity contribution is 0.0944. The van der Waals surface area contributed by atoms with Gasteiger partial charge in [0.05, 0.1) is 13.2 Å². The van der Waals surface area contributed by atoms with E-state index in [2.05, 4.69) is 18.7 Å².